The first-order chi connectivity index (χ1) is 5.58. The molecule has 0 spiro atoms. The zero-order chi connectivity index (χ0) is 9.14. The van der Waals surface area contributed by atoms with Gasteiger partial charge >= 0.3 is 0 Å². The zero-order valence-corrected chi connectivity index (χ0v) is 6.92. The number of rotatable bonds is 2. The van der Waals surface area contributed by atoms with Crippen molar-refractivity contribution < 1.29 is 14.4 Å². The van der Waals surface area contributed by atoms with Crippen LogP contribution in [0.4, 0.5) is 0 Å². The van der Waals surface area contributed by atoms with Crippen LogP contribution in [-0.2, 0) is 14.4 Å². The molecule has 1 heterocycles. The lowest BCUT2D eigenvalue weighted by Gasteiger charge is -2.19. The number of carbonyl (C=O) groups is 3. The number of ketones is 1. The van der Waals surface area contributed by atoms with E-state index in [0.717, 1.165) is 0 Å². The minimum Gasteiger partial charge on any atom is -0.300 e. The van der Waals surface area contributed by atoms with E-state index in [1.54, 1.807) is 0 Å². The molecule has 1 saturated heterocycles. The molecule has 12 heavy (non-hydrogen) atoms. The van der Waals surface area contributed by atoms with Gasteiger partial charge in [-0.3, -0.25) is 14.9 Å². The SMILES string of the molecule is CC(=O)CC1CC(=O)NC(=O)C1. The number of imide groups is 1. The average Bonchev–Trinajstić information content (AvgIpc) is 1.81. The summed E-state index contributed by atoms with van der Waals surface area (Å²) in [6.45, 7) is 1.47. The number of hydrogen-bond acceptors (Lipinski definition) is 3. The Morgan fingerprint density at radius 3 is 2.33 bits per heavy atom. The lowest BCUT2D eigenvalue weighted by Crippen LogP contribution is -2.38. The molecule has 0 aliphatic carbocycles. The highest BCUT2D eigenvalue weighted by atomic mass is 16.2. The molecule has 66 valence electrons. The second-order valence-electron chi connectivity index (χ2n) is 3.15. The molecule has 0 aromatic carbocycles. The van der Waals surface area contributed by atoms with E-state index in [1.807, 2.05) is 0 Å². The van der Waals surface area contributed by atoms with Gasteiger partial charge in [0.05, 0.1) is 0 Å². The molecule has 0 saturated carbocycles. The first kappa shape index (κ1) is 8.90. The van der Waals surface area contributed by atoms with E-state index in [-0.39, 0.29) is 23.5 Å². The van der Waals surface area contributed by atoms with Crippen molar-refractivity contribution in [2.24, 2.45) is 5.92 Å². The maximum atomic E-state index is 10.8. The van der Waals surface area contributed by atoms with Crippen molar-refractivity contribution >= 4 is 17.6 Å². The molecule has 1 rings (SSSR count). The van der Waals surface area contributed by atoms with Gasteiger partial charge in [-0.25, -0.2) is 0 Å². The van der Waals surface area contributed by atoms with Gasteiger partial charge in [-0.2, -0.15) is 0 Å². The largest absolute Gasteiger partial charge is 0.300 e. The number of carbonyl (C=O) groups excluding carboxylic acids is 3. The molecule has 1 aliphatic rings. The van der Waals surface area contributed by atoms with E-state index in [1.165, 1.54) is 6.92 Å². The smallest absolute Gasteiger partial charge is 0.226 e. The van der Waals surface area contributed by atoms with Crippen molar-refractivity contribution in [2.45, 2.75) is 26.2 Å². The molecule has 0 aromatic heterocycles. The lowest BCUT2D eigenvalue weighted by molar-refractivity contribution is -0.135. The van der Waals surface area contributed by atoms with E-state index in [2.05, 4.69) is 5.32 Å². The van der Waals surface area contributed by atoms with Crippen LogP contribution in [0, 0.1) is 5.92 Å². The highest BCUT2D eigenvalue weighted by molar-refractivity contribution is 5.98. The normalized spacial score (nSPS) is 19.1. The minimum atomic E-state index is -0.266. The van der Waals surface area contributed by atoms with E-state index >= 15 is 0 Å². The van der Waals surface area contributed by atoms with Crippen molar-refractivity contribution in [2.75, 3.05) is 0 Å². The maximum absolute atomic E-state index is 10.8. The molecule has 0 radical (unpaired) electrons. The fourth-order valence-electron chi connectivity index (χ4n) is 1.40. The topological polar surface area (TPSA) is 63.2 Å². The van der Waals surface area contributed by atoms with Gasteiger partial charge in [0.2, 0.25) is 11.8 Å². The van der Waals surface area contributed by atoms with Crippen molar-refractivity contribution in [3.05, 3.63) is 0 Å². The number of hydrogen-bond donors (Lipinski definition) is 1. The fraction of sp³-hybridized carbons (Fsp3) is 0.625. The van der Waals surface area contributed by atoms with E-state index in [4.69, 9.17) is 0 Å². The summed E-state index contributed by atoms with van der Waals surface area (Å²) in [7, 11) is 0. The zero-order valence-electron chi connectivity index (χ0n) is 6.92. The van der Waals surface area contributed by atoms with Gasteiger partial charge in [0.1, 0.15) is 5.78 Å². The van der Waals surface area contributed by atoms with E-state index in [9.17, 15) is 14.4 Å². The summed E-state index contributed by atoms with van der Waals surface area (Å²) >= 11 is 0. The second kappa shape index (κ2) is 3.47. The quantitative estimate of drug-likeness (QED) is 0.592. The van der Waals surface area contributed by atoms with Gasteiger partial charge in [-0.05, 0) is 12.8 Å². The van der Waals surface area contributed by atoms with Gasteiger partial charge in [0, 0.05) is 19.3 Å². The summed E-state index contributed by atoms with van der Waals surface area (Å²) in [6.07, 6.45) is 0.926. The molecule has 0 aromatic rings. The van der Waals surface area contributed by atoms with Crippen LogP contribution >= 0.6 is 0 Å². The standard InChI is InChI=1S/C8H11NO3/c1-5(10)2-6-3-7(11)9-8(12)4-6/h6H,2-4H2,1H3,(H,9,11,12). The van der Waals surface area contributed by atoms with Gasteiger partial charge in [0.15, 0.2) is 0 Å². The van der Waals surface area contributed by atoms with Crippen molar-refractivity contribution in [3.63, 3.8) is 0 Å². The van der Waals surface area contributed by atoms with Crippen LogP contribution in [0.5, 0.6) is 0 Å². The van der Waals surface area contributed by atoms with Crippen molar-refractivity contribution in [1.82, 2.24) is 5.32 Å². The van der Waals surface area contributed by atoms with Crippen LogP contribution in [-0.4, -0.2) is 17.6 Å². The van der Waals surface area contributed by atoms with Crippen LogP contribution in [0.25, 0.3) is 0 Å². The molecule has 0 bridgehead atoms. The summed E-state index contributed by atoms with van der Waals surface area (Å²) in [5.41, 5.74) is 0. The molecule has 1 aliphatic heterocycles. The summed E-state index contributed by atoms with van der Waals surface area (Å²) < 4.78 is 0. The Labute approximate surface area is 70.3 Å². The molecule has 0 unspecified atom stereocenters. The highest BCUT2D eigenvalue weighted by Gasteiger charge is 2.25. The highest BCUT2D eigenvalue weighted by Crippen LogP contribution is 2.17. The molecular weight excluding hydrogens is 158 g/mol. The predicted octanol–water partition coefficient (Wildman–Crippen LogP) is 0.0183. The Kier molecular flexibility index (Phi) is 2.58. The number of Topliss-reactive ketones (excluding diaryl/α,β-unsaturated/α-hetero) is 1. The third-order valence-electron chi connectivity index (χ3n) is 1.80. The molecule has 4 heteroatoms. The Bertz CT molecular complexity index is 216. The summed E-state index contributed by atoms with van der Waals surface area (Å²) in [4.78, 5) is 32.3. The van der Waals surface area contributed by atoms with Crippen molar-refractivity contribution in [1.29, 1.82) is 0 Å². The number of amides is 2. The Hall–Kier alpha value is -1.19. The van der Waals surface area contributed by atoms with Gasteiger partial charge in [-0.1, -0.05) is 0 Å². The summed E-state index contributed by atoms with van der Waals surface area (Å²) in [5, 5.41) is 2.19. The molecule has 1 fully saturated rings. The third-order valence-corrected chi connectivity index (χ3v) is 1.80. The first-order valence-corrected chi connectivity index (χ1v) is 3.90. The van der Waals surface area contributed by atoms with Crippen LogP contribution in [0.1, 0.15) is 26.2 Å². The molecule has 1 N–H and O–H groups in total. The van der Waals surface area contributed by atoms with E-state index in [0.29, 0.717) is 19.3 Å². The number of nitrogens with one attached hydrogen (secondary N) is 1. The van der Waals surface area contributed by atoms with Gasteiger partial charge in [0.25, 0.3) is 0 Å². The Morgan fingerprint density at radius 1 is 1.42 bits per heavy atom. The Morgan fingerprint density at radius 2 is 1.92 bits per heavy atom. The predicted molar refractivity (Wildman–Crippen MR) is 41.2 cm³/mol. The fourth-order valence-corrected chi connectivity index (χ4v) is 1.40. The van der Waals surface area contributed by atoms with E-state index < -0.39 is 0 Å². The van der Waals surface area contributed by atoms with Gasteiger partial charge in [-0.15, -0.1) is 0 Å². The summed E-state index contributed by atoms with van der Waals surface area (Å²) in [5.74, 6) is -0.582. The number of piperidine rings is 1. The van der Waals surface area contributed by atoms with Crippen LogP contribution in [0.15, 0.2) is 0 Å². The maximum Gasteiger partial charge on any atom is 0.226 e. The van der Waals surface area contributed by atoms with Crippen LogP contribution in [0.2, 0.25) is 0 Å². The molecular formula is C8H11NO3. The van der Waals surface area contributed by atoms with Crippen LogP contribution in [0.3, 0.4) is 0 Å². The lowest BCUT2D eigenvalue weighted by atomic mass is 9.92. The van der Waals surface area contributed by atoms with Crippen LogP contribution < -0.4 is 5.32 Å². The molecule has 0 atom stereocenters. The average molecular weight is 169 g/mol. The first-order valence-electron chi connectivity index (χ1n) is 3.90. The second-order valence-corrected chi connectivity index (χ2v) is 3.15. The van der Waals surface area contributed by atoms with Crippen molar-refractivity contribution in [3.8, 4) is 0 Å². The third kappa shape index (κ3) is 2.45. The summed E-state index contributed by atoms with van der Waals surface area (Å²) in [6, 6.07) is 0. The monoisotopic (exact) mass is 169 g/mol. The molecule has 2 amide bonds. The minimum absolute atomic E-state index is 0.0301. The molecule has 4 nitrogen and oxygen atoms in total. The van der Waals surface area contributed by atoms with Gasteiger partial charge < -0.3 is 4.79 Å². The Balaban J connectivity index is 2.49.